The Kier molecular flexibility index (Phi) is 4.16. The number of hydrogen-bond donors (Lipinski definition) is 1. The van der Waals surface area contributed by atoms with Crippen molar-refractivity contribution in [3.8, 4) is 11.5 Å². The number of halogens is 2. The molecule has 3 nitrogen and oxygen atoms in total. The molecule has 0 aliphatic heterocycles. The van der Waals surface area contributed by atoms with Crippen molar-refractivity contribution in [2.45, 2.75) is 31.7 Å². The number of benzene rings is 1. The molecule has 0 aromatic heterocycles. The van der Waals surface area contributed by atoms with Gasteiger partial charge in [-0.3, -0.25) is 0 Å². The number of nitrogens with two attached hydrogens (primary N) is 1. The van der Waals surface area contributed by atoms with Gasteiger partial charge < -0.3 is 15.2 Å². The van der Waals surface area contributed by atoms with Gasteiger partial charge in [-0.05, 0) is 32.0 Å². The van der Waals surface area contributed by atoms with E-state index >= 15 is 0 Å². The summed E-state index contributed by atoms with van der Waals surface area (Å²) in [6, 6.07) is 4.07. The summed E-state index contributed by atoms with van der Waals surface area (Å²) >= 11 is 0. The summed E-state index contributed by atoms with van der Waals surface area (Å²) in [5, 5.41) is 0. The Morgan fingerprint density at radius 1 is 1.11 bits per heavy atom. The van der Waals surface area contributed by atoms with Crippen LogP contribution < -0.4 is 15.2 Å². The third-order valence-electron chi connectivity index (χ3n) is 2.48. The Hall–Kier alpha value is -1.36. The topological polar surface area (TPSA) is 44.5 Å². The lowest BCUT2D eigenvalue weighted by Gasteiger charge is -2.26. The Labute approximate surface area is 106 Å². The van der Waals surface area contributed by atoms with E-state index in [4.69, 9.17) is 15.2 Å². The van der Waals surface area contributed by atoms with Gasteiger partial charge in [0, 0.05) is 17.5 Å². The van der Waals surface area contributed by atoms with E-state index in [0.29, 0.717) is 5.75 Å². The van der Waals surface area contributed by atoms with E-state index < -0.39 is 17.9 Å². The SMILES string of the molecule is COc1ccc(C(F)(F)CC(C)(C)N)cc1OC. The molecule has 0 aliphatic carbocycles. The fourth-order valence-electron chi connectivity index (χ4n) is 1.74. The van der Waals surface area contributed by atoms with Crippen LogP contribution in [-0.2, 0) is 5.92 Å². The molecule has 0 saturated carbocycles. The third-order valence-corrected chi connectivity index (χ3v) is 2.48. The molecule has 0 fully saturated rings. The monoisotopic (exact) mass is 259 g/mol. The average Bonchev–Trinajstić information content (AvgIpc) is 2.24. The van der Waals surface area contributed by atoms with Crippen LogP contribution in [0.25, 0.3) is 0 Å². The highest BCUT2D eigenvalue weighted by molar-refractivity contribution is 5.44. The molecule has 0 heterocycles. The van der Waals surface area contributed by atoms with Gasteiger partial charge >= 0.3 is 0 Å². The van der Waals surface area contributed by atoms with Crippen molar-refractivity contribution in [1.82, 2.24) is 0 Å². The number of methoxy groups -OCH3 is 2. The van der Waals surface area contributed by atoms with Gasteiger partial charge in [-0.1, -0.05) is 0 Å². The van der Waals surface area contributed by atoms with Crippen molar-refractivity contribution < 1.29 is 18.3 Å². The first-order valence-electron chi connectivity index (χ1n) is 5.59. The van der Waals surface area contributed by atoms with Crippen molar-refractivity contribution in [3.63, 3.8) is 0 Å². The summed E-state index contributed by atoms with van der Waals surface area (Å²) in [6.07, 6.45) is -0.435. The standard InChI is InChI=1S/C13H19F2NO2/c1-12(2,16)8-13(14,15)9-5-6-10(17-3)11(7-9)18-4/h5-7H,8,16H2,1-4H3. The van der Waals surface area contributed by atoms with Gasteiger partial charge in [0.1, 0.15) is 0 Å². The van der Waals surface area contributed by atoms with E-state index in [0.717, 1.165) is 0 Å². The molecule has 102 valence electrons. The Balaban J connectivity index is 3.09. The van der Waals surface area contributed by atoms with Gasteiger partial charge in [-0.25, -0.2) is 8.78 Å². The Morgan fingerprint density at radius 3 is 2.11 bits per heavy atom. The molecular weight excluding hydrogens is 240 g/mol. The van der Waals surface area contributed by atoms with Crippen LogP contribution in [0.2, 0.25) is 0 Å². The smallest absolute Gasteiger partial charge is 0.275 e. The summed E-state index contributed by atoms with van der Waals surface area (Å²) in [5.74, 6) is -2.30. The highest BCUT2D eigenvalue weighted by Gasteiger charge is 2.37. The summed E-state index contributed by atoms with van der Waals surface area (Å²) < 4.78 is 38.1. The second-order valence-corrected chi connectivity index (χ2v) is 4.94. The van der Waals surface area contributed by atoms with Gasteiger partial charge in [0.25, 0.3) is 5.92 Å². The minimum absolute atomic E-state index is 0.126. The number of hydrogen-bond acceptors (Lipinski definition) is 3. The lowest BCUT2D eigenvalue weighted by Crippen LogP contribution is -2.38. The molecular formula is C13H19F2NO2. The normalized spacial score (nSPS) is 12.4. The van der Waals surface area contributed by atoms with Gasteiger partial charge in [0.2, 0.25) is 0 Å². The van der Waals surface area contributed by atoms with Crippen LogP contribution in [0.1, 0.15) is 25.8 Å². The van der Waals surface area contributed by atoms with E-state index in [2.05, 4.69) is 0 Å². The van der Waals surface area contributed by atoms with E-state index in [9.17, 15) is 8.78 Å². The molecule has 0 aliphatic rings. The van der Waals surface area contributed by atoms with Crippen LogP contribution in [0, 0.1) is 0 Å². The van der Waals surface area contributed by atoms with E-state index in [1.165, 1.54) is 32.4 Å². The third kappa shape index (κ3) is 3.57. The molecule has 2 N–H and O–H groups in total. The highest BCUT2D eigenvalue weighted by Crippen LogP contribution is 2.39. The molecule has 0 atom stereocenters. The van der Waals surface area contributed by atoms with Crippen LogP contribution in [0.3, 0.4) is 0 Å². The molecule has 5 heteroatoms. The lowest BCUT2D eigenvalue weighted by molar-refractivity contribution is -0.0297. The zero-order chi connectivity index (χ0) is 14.0. The summed E-state index contributed by atoms with van der Waals surface area (Å²) in [6.45, 7) is 3.14. The fraction of sp³-hybridized carbons (Fsp3) is 0.538. The summed E-state index contributed by atoms with van der Waals surface area (Å²) in [7, 11) is 2.87. The first-order valence-corrected chi connectivity index (χ1v) is 5.59. The number of rotatable bonds is 5. The Morgan fingerprint density at radius 2 is 1.67 bits per heavy atom. The number of alkyl halides is 2. The van der Waals surface area contributed by atoms with Crippen LogP contribution in [0.4, 0.5) is 8.78 Å². The first kappa shape index (κ1) is 14.7. The maximum atomic E-state index is 14.0. The van der Waals surface area contributed by atoms with Crippen molar-refractivity contribution in [1.29, 1.82) is 0 Å². The maximum absolute atomic E-state index is 14.0. The van der Waals surface area contributed by atoms with Crippen molar-refractivity contribution in [2.24, 2.45) is 5.73 Å². The first-order chi connectivity index (χ1) is 8.19. The van der Waals surface area contributed by atoms with E-state index in [1.807, 2.05) is 0 Å². The molecule has 0 amide bonds. The molecule has 0 saturated heterocycles. The zero-order valence-corrected chi connectivity index (χ0v) is 11.1. The van der Waals surface area contributed by atoms with Crippen molar-refractivity contribution >= 4 is 0 Å². The molecule has 1 aromatic rings. The predicted molar refractivity (Wildman–Crippen MR) is 66.3 cm³/mol. The highest BCUT2D eigenvalue weighted by atomic mass is 19.3. The molecule has 18 heavy (non-hydrogen) atoms. The minimum atomic E-state index is -3.00. The van der Waals surface area contributed by atoms with Crippen molar-refractivity contribution in [2.75, 3.05) is 14.2 Å². The van der Waals surface area contributed by atoms with E-state index in [-0.39, 0.29) is 11.3 Å². The van der Waals surface area contributed by atoms with Crippen molar-refractivity contribution in [3.05, 3.63) is 23.8 Å². The average molecular weight is 259 g/mol. The summed E-state index contributed by atoms with van der Waals surface area (Å²) in [5.41, 5.74) is 4.58. The predicted octanol–water partition coefficient (Wildman–Crippen LogP) is 2.92. The van der Waals surface area contributed by atoms with Crippen LogP contribution in [0.5, 0.6) is 11.5 Å². The molecule has 1 rings (SSSR count). The van der Waals surface area contributed by atoms with Crippen LogP contribution in [0.15, 0.2) is 18.2 Å². The van der Waals surface area contributed by atoms with E-state index in [1.54, 1.807) is 13.8 Å². The molecule has 0 radical (unpaired) electrons. The quantitative estimate of drug-likeness (QED) is 0.884. The molecule has 0 bridgehead atoms. The maximum Gasteiger partial charge on any atom is 0.275 e. The largest absolute Gasteiger partial charge is 0.493 e. The summed E-state index contributed by atoms with van der Waals surface area (Å²) in [4.78, 5) is 0. The second kappa shape index (κ2) is 5.10. The van der Waals surface area contributed by atoms with Gasteiger partial charge in [0.15, 0.2) is 11.5 Å². The molecule has 0 unspecified atom stereocenters. The van der Waals surface area contributed by atoms with Gasteiger partial charge in [0.05, 0.1) is 14.2 Å². The minimum Gasteiger partial charge on any atom is -0.493 e. The van der Waals surface area contributed by atoms with Gasteiger partial charge in [-0.2, -0.15) is 0 Å². The molecule has 0 spiro atoms. The Bertz CT molecular complexity index is 414. The van der Waals surface area contributed by atoms with Gasteiger partial charge in [-0.15, -0.1) is 0 Å². The second-order valence-electron chi connectivity index (χ2n) is 4.94. The van der Waals surface area contributed by atoms with Crippen LogP contribution in [-0.4, -0.2) is 19.8 Å². The molecule has 1 aromatic carbocycles. The fourth-order valence-corrected chi connectivity index (χ4v) is 1.74. The van der Waals surface area contributed by atoms with Crippen LogP contribution >= 0.6 is 0 Å². The number of ether oxygens (including phenoxy) is 2. The zero-order valence-electron chi connectivity index (χ0n) is 11.1. The lowest BCUT2D eigenvalue weighted by atomic mass is 9.93.